The van der Waals surface area contributed by atoms with Gasteiger partial charge in [-0.1, -0.05) is 0 Å². The van der Waals surface area contributed by atoms with Crippen LogP contribution in [0.15, 0.2) is 18.2 Å². The molecule has 1 heterocycles. The molecule has 9 nitrogen and oxygen atoms in total. The van der Waals surface area contributed by atoms with E-state index in [0.29, 0.717) is 17.1 Å². The molecule has 0 bridgehead atoms. The number of benzene rings is 1. The highest BCUT2D eigenvalue weighted by atomic mass is 16.7. The van der Waals surface area contributed by atoms with Gasteiger partial charge in [0.25, 0.3) is 0 Å². The third-order valence-corrected chi connectivity index (χ3v) is 3.66. The maximum Gasteiger partial charge on any atom is 0.413 e. The average Bonchev–Trinajstić information content (AvgIpc) is 3.06. The van der Waals surface area contributed by atoms with Crippen molar-refractivity contribution in [1.29, 1.82) is 0 Å². The minimum Gasteiger partial charge on any atom is -0.454 e. The van der Waals surface area contributed by atoms with E-state index in [0.717, 1.165) is 4.90 Å². The minimum atomic E-state index is -0.817. The molecule has 1 aromatic rings. The van der Waals surface area contributed by atoms with Gasteiger partial charge in [0.1, 0.15) is 6.04 Å². The van der Waals surface area contributed by atoms with Gasteiger partial charge in [-0.2, -0.15) is 0 Å². The molecule has 2 unspecified atom stereocenters. The minimum absolute atomic E-state index is 0.106. The first-order valence-corrected chi connectivity index (χ1v) is 7.57. The van der Waals surface area contributed by atoms with Crippen molar-refractivity contribution in [2.24, 2.45) is 5.73 Å². The third kappa shape index (κ3) is 4.38. The molecule has 1 aliphatic rings. The summed E-state index contributed by atoms with van der Waals surface area (Å²) in [7, 11) is 1.41. The highest BCUT2D eigenvalue weighted by Crippen LogP contribution is 2.32. The average molecular weight is 352 g/mol. The number of hydrogen-bond acceptors (Lipinski definition) is 8. The normalized spacial score (nSPS) is 14.4. The predicted molar refractivity (Wildman–Crippen MR) is 85.2 cm³/mol. The maximum absolute atomic E-state index is 12.5. The molecule has 2 atom stereocenters. The molecule has 0 saturated heterocycles. The van der Waals surface area contributed by atoms with Gasteiger partial charge in [0.15, 0.2) is 17.3 Å². The number of nitrogens with zero attached hydrogens (tertiary/aromatic N) is 1. The van der Waals surface area contributed by atoms with E-state index >= 15 is 0 Å². The molecule has 1 aliphatic heterocycles. The van der Waals surface area contributed by atoms with Crippen molar-refractivity contribution in [3.05, 3.63) is 23.8 Å². The number of likely N-dealkylation sites (N-methyl/N-ethyl adjacent to an activating group) is 1. The number of carbonyl (C=O) groups is 3. The van der Waals surface area contributed by atoms with Gasteiger partial charge in [-0.3, -0.25) is 9.59 Å². The van der Waals surface area contributed by atoms with E-state index in [9.17, 15) is 14.4 Å². The van der Waals surface area contributed by atoms with Gasteiger partial charge in [0.2, 0.25) is 13.6 Å². The van der Waals surface area contributed by atoms with Gasteiger partial charge in [-0.05, 0) is 32.0 Å². The van der Waals surface area contributed by atoms with Crippen LogP contribution < -0.4 is 15.2 Å². The van der Waals surface area contributed by atoms with Crippen molar-refractivity contribution >= 4 is 17.8 Å². The standard InChI is InChI=1S/C16H20N2O7/c1-9(17)15(20)24-8-25-16(21)18(3)10(2)14(19)11-4-5-12-13(6-11)23-7-22-12/h4-6,9-10H,7-8,17H2,1-3H3. The summed E-state index contributed by atoms with van der Waals surface area (Å²) in [5, 5.41) is 0. The smallest absolute Gasteiger partial charge is 0.413 e. The molecule has 0 radical (unpaired) electrons. The van der Waals surface area contributed by atoms with E-state index in [4.69, 9.17) is 19.9 Å². The van der Waals surface area contributed by atoms with E-state index in [2.05, 4.69) is 4.74 Å². The van der Waals surface area contributed by atoms with Gasteiger partial charge in [-0.25, -0.2) is 4.79 Å². The van der Waals surface area contributed by atoms with E-state index in [1.807, 2.05) is 0 Å². The number of rotatable bonds is 6. The quantitative estimate of drug-likeness (QED) is 0.456. The van der Waals surface area contributed by atoms with Crippen molar-refractivity contribution in [1.82, 2.24) is 4.90 Å². The summed E-state index contributed by atoms with van der Waals surface area (Å²) in [5.41, 5.74) is 5.69. The van der Waals surface area contributed by atoms with Gasteiger partial charge >= 0.3 is 12.1 Å². The van der Waals surface area contributed by atoms with Crippen LogP contribution >= 0.6 is 0 Å². The second-order valence-electron chi connectivity index (χ2n) is 5.50. The number of nitrogens with two attached hydrogens (primary N) is 1. The Kier molecular flexibility index (Phi) is 5.81. The zero-order valence-electron chi connectivity index (χ0n) is 14.2. The van der Waals surface area contributed by atoms with Crippen LogP contribution in [0, 0.1) is 0 Å². The summed E-state index contributed by atoms with van der Waals surface area (Å²) in [6, 6.07) is 3.18. The van der Waals surface area contributed by atoms with Gasteiger partial charge in [-0.15, -0.1) is 0 Å². The van der Waals surface area contributed by atoms with Gasteiger partial charge in [0.05, 0.1) is 6.04 Å². The summed E-state index contributed by atoms with van der Waals surface area (Å²) in [6.45, 7) is 2.54. The Hall–Kier alpha value is -2.81. The van der Waals surface area contributed by atoms with Crippen molar-refractivity contribution in [3.8, 4) is 11.5 Å². The summed E-state index contributed by atoms with van der Waals surface area (Å²) < 4.78 is 19.9. The van der Waals surface area contributed by atoms with E-state index in [1.165, 1.54) is 14.0 Å². The lowest BCUT2D eigenvalue weighted by atomic mass is 10.0. The second kappa shape index (κ2) is 7.84. The van der Waals surface area contributed by atoms with Crippen LogP contribution in [0.4, 0.5) is 4.79 Å². The Bertz CT molecular complexity index is 674. The summed E-state index contributed by atoms with van der Waals surface area (Å²) in [4.78, 5) is 36.7. The lowest BCUT2D eigenvalue weighted by molar-refractivity contribution is -0.153. The zero-order chi connectivity index (χ0) is 18.6. The molecule has 1 aromatic carbocycles. The largest absolute Gasteiger partial charge is 0.454 e. The molecule has 0 aromatic heterocycles. The fourth-order valence-corrected chi connectivity index (χ4v) is 2.00. The molecule has 0 spiro atoms. The molecule has 2 N–H and O–H groups in total. The van der Waals surface area contributed by atoms with Gasteiger partial charge in [0, 0.05) is 12.6 Å². The first-order valence-electron chi connectivity index (χ1n) is 7.57. The molecule has 0 fully saturated rings. The highest BCUT2D eigenvalue weighted by Gasteiger charge is 2.26. The highest BCUT2D eigenvalue weighted by molar-refractivity contribution is 6.01. The SMILES string of the molecule is CC(N)C(=O)OCOC(=O)N(C)C(C)C(=O)c1ccc2c(c1)OCO2. The van der Waals surface area contributed by atoms with Crippen LogP contribution in [0.3, 0.4) is 0 Å². The summed E-state index contributed by atoms with van der Waals surface area (Å²) >= 11 is 0. The topological polar surface area (TPSA) is 117 Å². The molecule has 9 heteroatoms. The Morgan fingerprint density at radius 3 is 2.56 bits per heavy atom. The first kappa shape index (κ1) is 18.5. The number of amides is 1. The Labute approximate surface area is 144 Å². The molecule has 0 aliphatic carbocycles. The van der Waals surface area contributed by atoms with Crippen molar-refractivity contribution in [3.63, 3.8) is 0 Å². The predicted octanol–water partition coefficient (Wildman–Crippen LogP) is 0.903. The fourth-order valence-electron chi connectivity index (χ4n) is 2.00. The monoisotopic (exact) mass is 352 g/mol. The third-order valence-electron chi connectivity index (χ3n) is 3.66. The van der Waals surface area contributed by atoms with Crippen LogP contribution in [0.5, 0.6) is 11.5 Å². The second-order valence-corrected chi connectivity index (χ2v) is 5.50. The summed E-state index contributed by atoms with van der Waals surface area (Å²) in [6.07, 6.45) is -0.806. The Balaban J connectivity index is 1.92. The molecule has 136 valence electrons. The lowest BCUT2D eigenvalue weighted by Crippen LogP contribution is -2.41. The first-order chi connectivity index (χ1) is 11.8. The number of hydrogen-bond donors (Lipinski definition) is 1. The van der Waals surface area contributed by atoms with Crippen LogP contribution in [0.25, 0.3) is 0 Å². The van der Waals surface area contributed by atoms with E-state index in [-0.39, 0.29) is 12.6 Å². The van der Waals surface area contributed by atoms with Gasteiger partial charge < -0.3 is 29.6 Å². The lowest BCUT2D eigenvalue weighted by Gasteiger charge is -2.23. The van der Waals surface area contributed by atoms with Crippen molar-refractivity contribution in [2.45, 2.75) is 25.9 Å². The Morgan fingerprint density at radius 2 is 1.88 bits per heavy atom. The van der Waals surface area contributed by atoms with Crippen LogP contribution in [-0.4, -0.2) is 55.5 Å². The molecule has 25 heavy (non-hydrogen) atoms. The number of fused-ring (bicyclic) bond motifs is 1. The number of ether oxygens (including phenoxy) is 4. The summed E-state index contributed by atoms with van der Waals surface area (Å²) in [5.74, 6) is 0.0456. The Morgan fingerprint density at radius 1 is 1.20 bits per heavy atom. The molecule has 1 amide bonds. The maximum atomic E-state index is 12.5. The molecular formula is C16H20N2O7. The molecular weight excluding hydrogens is 332 g/mol. The van der Waals surface area contributed by atoms with E-state index < -0.39 is 30.9 Å². The fraction of sp³-hybridized carbons (Fsp3) is 0.438. The number of esters is 1. The van der Waals surface area contributed by atoms with Crippen LogP contribution in [0.2, 0.25) is 0 Å². The number of ketones is 1. The number of Topliss-reactive ketones (excluding diaryl/α,β-unsaturated/α-hetero) is 1. The van der Waals surface area contributed by atoms with Crippen LogP contribution in [0.1, 0.15) is 24.2 Å². The van der Waals surface area contributed by atoms with Crippen molar-refractivity contribution in [2.75, 3.05) is 20.6 Å². The number of carbonyl (C=O) groups excluding carboxylic acids is 3. The van der Waals surface area contributed by atoms with Crippen LogP contribution in [-0.2, 0) is 14.3 Å². The van der Waals surface area contributed by atoms with Crippen molar-refractivity contribution < 1.29 is 33.3 Å². The zero-order valence-corrected chi connectivity index (χ0v) is 14.2. The molecule has 0 saturated carbocycles. The molecule has 2 rings (SSSR count). The van der Waals surface area contributed by atoms with E-state index in [1.54, 1.807) is 25.1 Å².